The van der Waals surface area contributed by atoms with E-state index in [9.17, 15) is 0 Å². The Morgan fingerprint density at radius 2 is 1.78 bits per heavy atom. The zero-order chi connectivity index (χ0) is 13.2. The highest BCUT2D eigenvalue weighted by molar-refractivity contribution is 5.47. The molecule has 0 aliphatic carbocycles. The molecule has 0 aliphatic rings. The Balaban J connectivity index is 2.53. The Kier molecular flexibility index (Phi) is 7.46. The molecule has 18 heavy (non-hydrogen) atoms. The van der Waals surface area contributed by atoms with Gasteiger partial charge in [0.05, 0.1) is 0 Å². The summed E-state index contributed by atoms with van der Waals surface area (Å²) in [6.45, 7) is 5.26. The first kappa shape index (κ1) is 15.0. The fourth-order valence-corrected chi connectivity index (χ4v) is 2.07. The van der Waals surface area contributed by atoms with Gasteiger partial charge in [-0.25, -0.2) is 0 Å². The lowest BCUT2D eigenvalue weighted by Crippen LogP contribution is -2.25. The number of hydrogen-bond donors (Lipinski definition) is 2. The second kappa shape index (κ2) is 8.95. The number of aliphatic hydroxyl groups excluding tert-OH is 1. The van der Waals surface area contributed by atoms with Gasteiger partial charge in [-0.3, -0.25) is 0 Å². The van der Waals surface area contributed by atoms with E-state index in [-0.39, 0.29) is 0 Å². The van der Waals surface area contributed by atoms with Gasteiger partial charge >= 0.3 is 0 Å². The number of anilines is 1. The molecule has 1 aromatic carbocycles. The van der Waals surface area contributed by atoms with Gasteiger partial charge in [-0.05, 0) is 43.4 Å². The molecule has 0 radical (unpaired) electrons. The summed E-state index contributed by atoms with van der Waals surface area (Å²) in [5.74, 6) is 0. The van der Waals surface area contributed by atoms with Gasteiger partial charge in [-0.2, -0.15) is 0 Å². The Morgan fingerprint density at radius 1 is 1.06 bits per heavy atom. The number of rotatable bonds is 9. The first-order chi connectivity index (χ1) is 8.81. The summed E-state index contributed by atoms with van der Waals surface area (Å²) < 4.78 is 0. The second-order valence-electron chi connectivity index (χ2n) is 4.64. The average Bonchev–Trinajstić information content (AvgIpc) is 2.42. The van der Waals surface area contributed by atoms with Crippen LogP contribution in [0.5, 0.6) is 0 Å². The molecule has 0 saturated heterocycles. The van der Waals surface area contributed by atoms with E-state index in [4.69, 9.17) is 10.8 Å². The van der Waals surface area contributed by atoms with Gasteiger partial charge in [-0.15, -0.1) is 0 Å². The summed E-state index contributed by atoms with van der Waals surface area (Å²) in [6, 6.07) is 8.52. The van der Waals surface area contributed by atoms with Crippen molar-refractivity contribution in [3.05, 3.63) is 29.8 Å². The van der Waals surface area contributed by atoms with Crippen molar-refractivity contribution in [3.8, 4) is 0 Å². The monoisotopic (exact) mass is 250 g/mol. The number of benzene rings is 1. The van der Waals surface area contributed by atoms with E-state index in [1.54, 1.807) is 0 Å². The minimum Gasteiger partial charge on any atom is -0.396 e. The molecule has 102 valence electrons. The van der Waals surface area contributed by atoms with Crippen LogP contribution in [0.1, 0.15) is 38.2 Å². The Morgan fingerprint density at radius 3 is 2.33 bits per heavy atom. The second-order valence-corrected chi connectivity index (χ2v) is 4.64. The number of aliphatic hydroxyl groups is 1. The predicted octanol–water partition coefficient (Wildman–Crippen LogP) is 2.52. The van der Waals surface area contributed by atoms with Gasteiger partial charge in [0.25, 0.3) is 0 Å². The van der Waals surface area contributed by atoms with E-state index in [1.807, 2.05) is 0 Å². The molecule has 0 bridgehead atoms. The maximum atomic E-state index is 8.78. The molecular formula is C15H26N2O. The SMILES string of the molecule is CCCN(CCCCCO)c1ccc(CN)cc1. The number of nitrogens with two attached hydrogens (primary N) is 1. The van der Waals surface area contributed by atoms with Crippen LogP contribution in [0.25, 0.3) is 0 Å². The van der Waals surface area contributed by atoms with Crippen molar-refractivity contribution >= 4 is 5.69 Å². The van der Waals surface area contributed by atoms with Crippen molar-refractivity contribution in [3.63, 3.8) is 0 Å². The summed E-state index contributed by atoms with van der Waals surface area (Å²) in [6.07, 6.45) is 4.29. The smallest absolute Gasteiger partial charge is 0.0431 e. The third-order valence-electron chi connectivity index (χ3n) is 3.12. The van der Waals surface area contributed by atoms with Crippen molar-refractivity contribution < 1.29 is 5.11 Å². The van der Waals surface area contributed by atoms with Crippen LogP contribution in [0.4, 0.5) is 5.69 Å². The van der Waals surface area contributed by atoms with Crippen molar-refractivity contribution in [1.82, 2.24) is 0 Å². The van der Waals surface area contributed by atoms with E-state index in [2.05, 4.69) is 36.1 Å². The molecule has 0 fully saturated rings. The lowest BCUT2D eigenvalue weighted by Gasteiger charge is -2.24. The topological polar surface area (TPSA) is 49.5 Å². The highest BCUT2D eigenvalue weighted by Crippen LogP contribution is 2.16. The largest absolute Gasteiger partial charge is 0.396 e. The molecule has 0 unspecified atom stereocenters. The van der Waals surface area contributed by atoms with Crippen molar-refractivity contribution in [2.75, 3.05) is 24.6 Å². The Hall–Kier alpha value is -1.06. The van der Waals surface area contributed by atoms with E-state index < -0.39 is 0 Å². The summed E-state index contributed by atoms with van der Waals surface area (Å²) in [7, 11) is 0. The molecule has 0 amide bonds. The fourth-order valence-electron chi connectivity index (χ4n) is 2.07. The summed E-state index contributed by atoms with van der Waals surface area (Å²) in [5.41, 5.74) is 8.06. The van der Waals surface area contributed by atoms with E-state index in [0.29, 0.717) is 13.2 Å². The molecular weight excluding hydrogens is 224 g/mol. The van der Waals surface area contributed by atoms with Gasteiger partial charge < -0.3 is 15.7 Å². The van der Waals surface area contributed by atoms with Gasteiger partial charge in [-0.1, -0.05) is 19.1 Å². The van der Waals surface area contributed by atoms with Gasteiger partial charge in [0.15, 0.2) is 0 Å². The van der Waals surface area contributed by atoms with Crippen LogP contribution in [0.3, 0.4) is 0 Å². The quantitative estimate of drug-likeness (QED) is 0.662. The van der Waals surface area contributed by atoms with Crippen LogP contribution < -0.4 is 10.6 Å². The molecule has 0 atom stereocenters. The van der Waals surface area contributed by atoms with E-state index in [0.717, 1.165) is 38.8 Å². The minimum atomic E-state index is 0.305. The van der Waals surface area contributed by atoms with Crippen LogP contribution in [0.15, 0.2) is 24.3 Å². The lowest BCUT2D eigenvalue weighted by molar-refractivity contribution is 0.283. The first-order valence-electron chi connectivity index (χ1n) is 6.96. The maximum absolute atomic E-state index is 8.78. The van der Waals surface area contributed by atoms with Gasteiger partial charge in [0, 0.05) is 31.9 Å². The zero-order valence-corrected chi connectivity index (χ0v) is 11.4. The summed E-state index contributed by atoms with van der Waals surface area (Å²) in [4.78, 5) is 2.41. The van der Waals surface area contributed by atoms with Crippen LogP contribution >= 0.6 is 0 Å². The standard InChI is InChI=1S/C15H26N2O/c1-2-10-17(11-4-3-5-12-18)15-8-6-14(13-16)7-9-15/h6-9,18H,2-5,10-13,16H2,1H3. The molecule has 0 aliphatic heterocycles. The molecule has 3 nitrogen and oxygen atoms in total. The molecule has 0 heterocycles. The van der Waals surface area contributed by atoms with Crippen molar-refractivity contribution in [2.24, 2.45) is 5.73 Å². The molecule has 0 aromatic heterocycles. The molecule has 1 rings (SSSR count). The molecule has 3 heteroatoms. The third-order valence-corrected chi connectivity index (χ3v) is 3.12. The number of unbranched alkanes of at least 4 members (excludes halogenated alkanes) is 2. The molecule has 3 N–H and O–H groups in total. The number of hydrogen-bond acceptors (Lipinski definition) is 3. The lowest BCUT2D eigenvalue weighted by atomic mass is 10.1. The van der Waals surface area contributed by atoms with E-state index in [1.165, 1.54) is 11.3 Å². The Labute approximate surface area is 111 Å². The fraction of sp³-hybridized carbons (Fsp3) is 0.600. The highest BCUT2D eigenvalue weighted by Gasteiger charge is 2.04. The maximum Gasteiger partial charge on any atom is 0.0431 e. The normalized spacial score (nSPS) is 10.6. The van der Waals surface area contributed by atoms with Crippen molar-refractivity contribution in [2.45, 2.75) is 39.2 Å². The average molecular weight is 250 g/mol. The minimum absolute atomic E-state index is 0.305. The van der Waals surface area contributed by atoms with Crippen LogP contribution in [0.2, 0.25) is 0 Å². The van der Waals surface area contributed by atoms with Crippen molar-refractivity contribution in [1.29, 1.82) is 0 Å². The summed E-state index contributed by atoms with van der Waals surface area (Å²) in [5, 5.41) is 8.78. The molecule has 0 spiro atoms. The van der Waals surface area contributed by atoms with Gasteiger partial charge in [0.1, 0.15) is 0 Å². The predicted molar refractivity (Wildman–Crippen MR) is 77.8 cm³/mol. The van der Waals surface area contributed by atoms with Crippen LogP contribution in [-0.2, 0) is 6.54 Å². The van der Waals surface area contributed by atoms with Crippen LogP contribution in [-0.4, -0.2) is 24.8 Å². The molecule has 0 saturated carbocycles. The zero-order valence-electron chi connectivity index (χ0n) is 11.4. The van der Waals surface area contributed by atoms with E-state index >= 15 is 0 Å². The number of nitrogens with zero attached hydrogens (tertiary/aromatic N) is 1. The first-order valence-corrected chi connectivity index (χ1v) is 6.96. The van der Waals surface area contributed by atoms with Crippen LogP contribution in [0, 0.1) is 0 Å². The highest BCUT2D eigenvalue weighted by atomic mass is 16.2. The summed E-state index contributed by atoms with van der Waals surface area (Å²) >= 11 is 0. The Bertz CT molecular complexity index is 311. The molecule has 1 aromatic rings. The van der Waals surface area contributed by atoms with Gasteiger partial charge in [0.2, 0.25) is 0 Å². The third kappa shape index (κ3) is 5.07.